The van der Waals surface area contributed by atoms with Crippen molar-refractivity contribution in [1.82, 2.24) is 0 Å². The molecule has 150 valence electrons. The Bertz CT molecular complexity index is 885. The Balaban J connectivity index is 1.62. The molecule has 2 aromatic rings. The fourth-order valence-electron chi connectivity index (χ4n) is 3.44. The molecule has 2 N–H and O–H groups in total. The van der Waals surface area contributed by atoms with Gasteiger partial charge in [0.1, 0.15) is 0 Å². The van der Waals surface area contributed by atoms with Gasteiger partial charge in [-0.25, -0.2) is 13.2 Å². The van der Waals surface area contributed by atoms with Gasteiger partial charge in [-0.2, -0.15) is 0 Å². The number of hydrogen-bond acceptors (Lipinski definition) is 2. The molecular weight excluding hydrogens is 391 g/mol. The van der Waals surface area contributed by atoms with E-state index in [1.165, 1.54) is 0 Å². The molecule has 1 fully saturated rings. The second-order valence-electron chi connectivity index (χ2n) is 7.01. The predicted molar refractivity (Wildman–Crippen MR) is 104 cm³/mol. The molecule has 1 atom stereocenters. The number of amides is 1. The van der Waals surface area contributed by atoms with Crippen LogP contribution < -0.4 is 15.1 Å². The first-order valence-electron chi connectivity index (χ1n) is 9.08. The summed E-state index contributed by atoms with van der Waals surface area (Å²) in [5.74, 6) is -4.71. The Hall–Kier alpha value is -2.25. The highest BCUT2D eigenvalue weighted by Crippen LogP contribution is 2.24. The topological polar surface area (TPSA) is 36.8 Å². The number of anilines is 2. The molecule has 1 amide bonds. The van der Waals surface area contributed by atoms with E-state index in [9.17, 15) is 18.0 Å². The van der Waals surface area contributed by atoms with E-state index in [0.717, 1.165) is 41.4 Å². The van der Waals surface area contributed by atoms with E-state index in [-0.39, 0.29) is 5.69 Å². The van der Waals surface area contributed by atoms with Crippen LogP contribution in [-0.4, -0.2) is 38.1 Å². The van der Waals surface area contributed by atoms with Gasteiger partial charge >= 0.3 is 0 Å². The van der Waals surface area contributed by atoms with Gasteiger partial charge in [0.05, 0.1) is 31.9 Å². The highest BCUT2D eigenvalue weighted by atomic mass is 35.5. The van der Waals surface area contributed by atoms with Crippen LogP contribution in [0, 0.1) is 24.4 Å². The van der Waals surface area contributed by atoms with Crippen LogP contribution in [0.25, 0.3) is 0 Å². The number of aryl methyl sites for hydroxylation is 1. The molecule has 4 nitrogen and oxygen atoms in total. The van der Waals surface area contributed by atoms with Crippen LogP contribution >= 0.6 is 11.6 Å². The summed E-state index contributed by atoms with van der Waals surface area (Å²) in [6.45, 7) is 6.67. The summed E-state index contributed by atoms with van der Waals surface area (Å²) >= 11 is 6.10. The molecular formula is C20H22ClF3N3O+. The normalized spacial score (nSPS) is 16.1. The molecule has 0 bridgehead atoms. The van der Waals surface area contributed by atoms with Gasteiger partial charge in [0.25, 0.3) is 5.91 Å². The summed E-state index contributed by atoms with van der Waals surface area (Å²) in [4.78, 5) is 15.7. The Morgan fingerprint density at radius 3 is 2.50 bits per heavy atom. The van der Waals surface area contributed by atoms with Crippen molar-refractivity contribution >= 4 is 28.9 Å². The first-order chi connectivity index (χ1) is 13.3. The van der Waals surface area contributed by atoms with Crippen LogP contribution in [0.4, 0.5) is 24.5 Å². The Kier molecular flexibility index (Phi) is 6.15. The van der Waals surface area contributed by atoms with Crippen molar-refractivity contribution in [1.29, 1.82) is 0 Å². The van der Waals surface area contributed by atoms with E-state index in [1.807, 2.05) is 25.1 Å². The van der Waals surface area contributed by atoms with E-state index in [1.54, 1.807) is 6.92 Å². The van der Waals surface area contributed by atoms with E-state index in [0.29, 0.717) is 18.1 Å². The first-order valence-corrected chi connectivity index (χ1v) is 9.45. The molecule has 3 rings (SSSR count). The lowest BCUT2D eigenvalue weighted by Crippen LogP contribution is -3.19. The lowest BCUT2D eigenvalue weighted by molar-refractivity contribution is -0.914. The predicted octanol–water partition coefficient (Wildman–Crippen LogP) is 2.80. The zero-order chi connectivity index (χ0) is 20.4. The number of nitrogens with zero attached hydrogens (tertiary/aromatic N) is 1. The van der Waals surface area contributed by atoms with Crippen molar-refractivity contribution in [2.45, 2.75) is 19.9 Å². The molecule has 0 aliphatic carbocycles. The van der Waals surface area contributed by atoms with E-state index < -0.39 is 29.4 Å². The lowest BCUT2D eigenvalue weighted by Gasteiger charge is -2.36. The maximum Gasteiger partial charge on any atom is 0.282 e. The minimum atomic E-state index is -1.59. The van der Waals surface area contributed by atoms with Crippen LogP contribution in [0.1, 0.15) is 12.5 Å². The average molecular weight is 413 g/mol. The summed E-state index contributed by atoms with van der Waals surface area (Å²) in [6, 6.07) is 7.11. The Morgan fingerprint density at radius 1 is 1.14 bits per heavy atom. The van der Waals surface area contributed by atoms with Crippen LogP contribution in [0.3, 0.4) is 0 Å². The molecule has 0 radical (unpaired) electrons. The molecule has 1 aliphatic heterocycles. The standard InChI is InChI=1S/C20H21ClF3N3O/c1-12-3-4-14(21)11-17(12)27-9-7-26(8-10-27)13(2)20(28)25-16-6-5-15(22)18(23)19(16)24/h3-6,11,13H,7-10H2,1-2H3,(H,25,28)/p+1/t13-/m0/s1. The maximum absolute atomic E-state index is 13.8. The van der Waals surface area contributed by atoms with Gasteiger partial charge in [0.15, 0.2) is 23.5 Å². The smallest absolute Gasteiger partial charge is 0.282 e. The minimum Gasteiger partial charge on any atom is -0.360 e. The summed E-state index contributed by atoms with van der Waals surface area (Å²) < 4.78 is 40.2. The molecule has 0 saturated carbocycles. The van der Waals surface area contributed by atoms with Crippen LogP contribution in [0.15, 0.2) is 30.3 Å². The second kappa shape index (κ2) is 8.41. The van der Waals surface area contributed by atoms with Gasteiger partial charge < -0.3 is 15.1 Å². The number of quaternary nitrogens is 1. The number of carbonyl (C=O) groups excluding carboxylic acids is 1. The maximum atomic E-state index is 13.8. The Labute approximate surface area is 166 Å². The number of hydrogen-bond donors (Lipinski definition) is 2. The molecule has 1 aliphatic rings. The summed E-state index contributed by atoms with van der Waals surface area (Å²) in [7, 11) is 0. The molecule has 1 heterocycles. The molecule has 0 spiro atoms. The summed E-state index contributed by atoms with van der Waals surface area (Å²) in [5.41, 5.74) is 1.85. The number of carbonyl (C=O) groups is 1. The van der Waals surface area contributed by atoms with E-state index >= 15 is 0 Å². The van der Waals surface area contributed by atoms with Crippen LogP contribution in [0.2, 0.25) is 5.02 Å². The summed E-state index contributed by atoms with van der Waals surface area (Å²) in [6.07, 6.45) is 0. The van der Waals surface area contributed by atoms with E-state index in [4.69, 9.17) is 11.6 Å². The molecule has 0 unspecified atom stereocenters. The summed E-state index contributed by atoms with van der Waals surface area (Å²) in [5, 5.41) is 3.04. The van der Waals surface area contributed by atoms with Gasteiger partial charge in [0.2, 0.25) is 0 Å². The highest BCUT2D eigenvalue weighted by Gasteiger charge is 2.30. The van der Waals surface area contributed by atoms with Crippen molar-refractivity contribution in [2.24, 2.45) is 0 Å². The third-order valence-corrected chi connectivity index (χ3v) is 5.45. The number of rotatable bonds is 4. The molecule has 2 aromatic carbocycles. The fourth-order valence-corrected chi connectivity index (χ4v) is 3.61. The second-order valence-corrected chi connectivity index (χ2v) is 7.45. The number of halogens is 4. The zero-order valence-corrected chi connectivity index (χ0v) is 16.4. The third-order valence-electron chi connectivity index (χ3n) is 5.22. The molecule has 0 aromatic heterocycles. The quantitative estimate of drug-likeness (QED) is 0.758. The minimum absolute atomic E-state index is 0.358. The lowest BCUT2D eigenvalue weighted by atomic mass is 10.1. The first kappa shape index (κ1) is 20.5. The van der Waals surface area contributed by atoms with Gasteiger partial charge in [-0.15, -0.1) is 0 Å². The van der Waals surface area contributed by atoms with Crippen molar-refractivity contribution < 1.29 is 22.9 Å². The number of piperazine rings is 1. The van der Waals surface area contributed by atoms with Crippen molar-refractivity contribution in [3.63, 3.8) is 0 Å². The molecule has 28 heavy (non-hydrogen) atoms. The van der Waals surface area contributed by atoms with Crippen LogP contribution in [-0.2, 0) is 4.79 Å². The SMILES string of the molecule is Cc1ccc(Cl)cc1N1CC[NH+]([C@@H](C)C(=O)Nc2ccc(F)c(F)c2F)CC1. The molecule has 8 heteroatoms. The Morgan fingerprint density at radius 2 is 1.82 bits per heavy atom. The average Bonchev–Trinajstić information content (AvgIpc) is 2.69. The van der Waals surface area contributed by atoms with E-state index in [2.05, 4.69) is 10.2 Å². The zero-order valence-electron chi connectivity index (χ0n) is 15.7. The van der Waals surface area contributed by atoms with Crippen molar-refractivity contribution in [2.75, 3.05) is 36.4 Å². The number of benzene rings is 2. The van der Waals surface area contributed by atoms with Gasteiger partial charge in [-0.1, -0.05) is 17.7 Å². The van der Waals surface area contributed by atoms with Gasteiger partial charge in [0, 0.05) is 10.7 Å². The van der Waals surface area contributed by atoms with Crippen LogP contribution in [0.5, 0.6) is 0 Å². The third kappa shape index (κ3) is 4.25. The highest BCUT2D eigenvalue weighted by molar-refractivity contribution is 6.30. The largest absolute Gasteiger partial charge is 0.360 e. The van der Waals surface area contributed by atoms with Crippen molar-refractivity contribution in [3.8, 4) is 0 Å². The monoisotopic (exact) mass is 412 g/mol. The fraction of sp³-hybridized carbons (Fsp3) is 0.350. The van der Waals surface area contributed by atoms with Gasteiger partial charge in [-0.05, 0) is 43.7 Å². The van der Waals surface area contributed by atoms with Crippen molar-refractivity contribution in [3.05, 3.63) is 58.4 Å². The molecule has 1 saturated heterocycles. The van der Waals surface area contributed by atoms with Gasteiger partial charge in [-0.3, -0.25) is 4.79 Å². The number of nitrogens with one attached hydrogen (secondary N) is 2.